The van der Waals surface area contributed by atoms with Crippen LogP contribution in [0.4, 0.5) is 0 Å². The molecule has 0 aliphatic heterocycles. The second kappa shape index (κ2) is 7.45. The molecule has 3 N–H and O–H groups in total. The lowest BCUT2D eigenvalue weighted by atomic mass is 10.2. The summed E-state index contributed by atoms with van der Waals surface area (Å²) in [5, 5.41) is 3.35. The molecule has 1 rings (SSSR count). The van der Waals surface area contributed by atoms with Crippen LogP contribution in [0.1, 0.15) is 32.8 Å². The highest BCUT2D eigenvalue weighted by Crippen LogP contribution is 2.24. The number of thiocarbonyl (C=S) groups is 1. The predicted octanol–water partition coefficient (Wildman–Crippen LogP) is 2.66. The Morgan fingerprint density at radius 1 is 1.50 bits per heavy atom. The van der Waals surface area contributed by atoms with Crippen molar-refractivity contribution in [2.24, 2.45) is 5.73 Å². The molecule has 2 unspecified atom stereocenters. The fourth-order valence-electron chi connectivity index (χ4n) is 1.50. The molecule has 0 aliphatic carbocycles. The highest BCUT2D eigenvalue weighted by atomic mass is 35.5. The molecular formula is C14H19ClN2O2S. The first kappa shape index (κ1) is 16.7. The van der Waals surface area contributed by atoms with Crippen LogP contribution in [0, 0.1) is 0 Å². The van der Waals surface area contributed by atoms with Gasteiger partial charge in [-0.15, -0.1) is 0 Å². The van der Waals surface area contributed by atoms with Crippen molar-refractivity contribution >= 4 is 34.7 Å². The van der Waals surface area contributed by atoms with Gasteiger partial charge in [0.25, 0.3) is 5.91 Å². The topological polar surface area (TPSA) is 64.3 Å². The monoisotopic (exact) mass is 314 g/mol. The molecule has 0 fully saturated rings. The third-order valence-corrected chi connectivity index (χ3v) is 3.34. The third-order valence-electron chi connectivity index (χ3n) is 2.88. The molecule has 1 aromatic rings. The molecule has 0 heterocycles. The second-order valence-electron chi connectivity index (χ2n) is 4.58. The van der Waals surface area contributed by atoms with Gasteiger partial charge >= 0.3 is 0 Å². The minimum Gasteiger partial charge on any atom is -0.480 e. The number of amides is 1. The largest absolute Gasteiger partial charge is 0.480 e. The maximum atomic E-state index is 11.9. The average molecular weight is 315 g/mol. The maximum absolute atomic E-state index is 11.9. The van der Waals surface area contributed by atoms with E-state index in [4.69, 9.17) is 34.3 Å². The summed E-state index contributed by atoms with van der Waals surface area (Å²) in [6, 6.07) is 5.05. The predicted molar refractivity (Wildman–Crippen MR) is 85.3 cm³/mol. The van der Waals surface area contributed by atoms with Gasteiger partial charge in [0.1, 0.15) is 10.7 Å². The summed E-state index contributed by atoms with van der Waals surface area (Å²) in [4.78, 5) is 12.1. The number of carbonyl (C=O) groups excluding carboxylic acids is 1. The number of nitrogens with two attached hydrogens (primary N) is 1. The smallest absolute Gasteiger partial charge is 0.260 e. The van der Waals surface area contributed by atoms with Crippen LogP contribution < -0.4 is 15.8 Å². The van der Waals surface area contributed by atoms with Crippen molar-refractivity contribution in [1.29, 1.82) is 0 Å². The summed E-state index contributed by atoms with van der Waals surface area (Å²) in [6.07, 6.45) is 0.198. The molecule has 0 aliphatic rings. The molecule has 0 saturated heterocycles. The number of nitrogens with one attached hydrogen (secondary N) is 1. The molecule has 0 bridgehead atoms. The van der Waals surface area contributed by atoms with E-state index in [2.05, 4.69) is 5.32 Å². The van der Waals surface area contributed by atoms with E-state index in [1.54, 1.807) is 25.1 Å². The van der Waals surface area contributed by atoms with Crippen molar-refractivity contribution in [2.45, 2.75) is 39.3 Å². The van der Waals surface area contributed by atoms with Crippen LogP contribution >= 0.6 is 23.8 Å². The normalized spacial score (nSPS) is 13.4. The lowest BCUT2D eigenvalue weighted by molar-refractivity contribution is -0.127. The SMILES string of the molecule is CCC(C)NC(=O)C(C)Oc1cc(Cl)ccc1C(N)=S. The first-order valence-corrected chi connectivity index (χ1v) is 7.20. The quantitative estimate of drug-likeness (QED) is 0.792. The molecule has 0 aromatic heterocycles. The van der Waals surface area contributed by atoms with Crippen molar-refractivity contribution in [2.75, 3.05) is 0 Å². The van der Waals surface area contributed by atoms with Crippen LogP contribution in [0.2, 0.25) is 5.02 Å². The van der Waals surface area contributed by atoms with Crippen molar-refractivity contribution < 1.29 is 9.53 Å². The maximum Gasteiger partial charge on any atom is 0.260 e. The minimum atomic E-state index is -0.657. The van der Waals surface area contributed by atoms with Crippen molar-refractivity contribution in [3.63, 3.8) is 0 Å². The van der Waals surface area contributed by atoms with Gasteiger partial charge in [0.05, 0.1) is 5.56 Å². The van der Waals surface area contributed by atoms with Crippen LogP contribution in [0.15, 0.2) is 18.2 Å². The van der Waals surface area contributed by atoms with Crippen LogP contribution in [-0.4, -0.2) is 23.0 Å². The minimum absolute atomic E-state index is 0.1000. The Labute approximate surface area is 129 Å². The Hall–Kier alpha value is -1.33. The number of hydrogen-bond donors (Lipinski definition) is 2. The van der Waals surface area contributed by atoms with E-state index in [-0.39, 0.29) is 16.9 Å². The van der Waals surface area contributed by atoms with Gasteiger partial charge in [-0.1, -0.05) is 30.7 Å². The molecule has 4 nitrogen and oxygen atoms in total. The van der Waals surface area contributed by atoms with Crippen LogP contribution in [-0.2, 0) is 4.79 Å². The average Bonchev–Trinajstić information content (AvgIpc) is 2.38. The van der Waals surface area contributed by atoms with Crippen molar-refractivity contribution in [3.8, 4) is 5.75 Å². The number of ether oxygens (including phenoxy) is 1. The van der Waals surface area contributed by atoms with Gasteiger partial charge in [-0.3, -0.25) is 4.79 Å². The summed E-state index contributed by atoms with van der Waals surface area (Å²) >= 11 is 10.9. The van der Waals surface area contributed by atoms with E-state index in [1.165, 1.54) is 0 Å². The molecule has 0 saturated carbocycles. The number of halogens is 1. The number of rotatable bonds is 6. The molecule has 1 amide bonds. The lowest BCUT2D eigenvalue weighted by Crippen LogP contribution is -2.41. The standard InChI is InChI=1S/C14H19ClN2O2S/c1-4-8(2)17-14(18)9(3)19-12-7-10(15)5-6-11(12)13(16)20/h5-9H,4H2,1-3H3,(H2,16,20)(H,17,18). The van der Waals surface area contributed by atoms with Gasteiger partial charge in [-0.25, -0.2) is 0 Å². The summed E-state index contributed by atoms with van der Waals surface area (Å²) in [7, 11) is 0. The van der Waals surface area contributed by atoms with Crippen LogP contribution in [0.3, 0.4) is 0 Å². The van der Waals surface area contributed by atoms with Crippen LogP contribution in [0.5, 0.6) is 5.75 Å². The highest BCUT2D eigenvalue weighted by Gasteiger charge is 2.18. The van der Waals surface area contributed by atoms with Gasteiger partial charge in [-0.05, 0) is 38.5 Å². The van der Waals surface area contributed by atoms with Crippen molar-refractivity contribution in [3.05, 3.63) is 28.8 Å². The Bertz CT molecular complexity index is 508. The Balaban J connectivity index is 2.84. The van der Waals surface area contributed by atoms with Gasteiger partial charge in [-0.2, -0.15) is 0 Å². The van der Waals surface area contributed by atoms with Gasteiger partial charge in [0, 0.05) is 11.1 Å². The first-order valence-electron chi connectivity index (χ1n) is 6.41. The van der Waals surface area contributed by atoms with E-state index < -0.39 is 6.10 Å². The lowest BCUT2D eigenvalue weighted by Gasteiger charge is -2.19. The highest BCUT2D eigenvalue weighted by molar-refractivity contribution is 7.80. The zero-order chi connectivity index (χ0) is 15.3. The molecule has 0 spiro atoms. The summed E-state index contributed by atoms with van der Waals surface area (Å²) in [6.45, 7) is 5.60. The molecular weight excluding hydrogens is 296 g/mol. The summed E-state index contributed by atoms with van der Waals surface area (Å²) < 4.78 is 5.63. The van der Waals surface area contributed by atoms with E-state index in [0.29, 0.717) is 16.3 Å². The zero-order valence-corrected chi connectivity index (χ0v) is 13.3. The fourth-order valence-corrected chi connectivity index (χ4v) is 1.83. The number of benzene rings is 1. The number of carbonyl (C=O) groups is 1. The molecule has 20 heavy (non-hydrogen) atoms. The molecule has 1 aromatic carbocycles. The molecule has 2 atom stereocenters. The third kappa shape index (κ3) is 4.65. The molecule has 6 heteroatoms. The summed E-state index contributed by atoms with van der Waals surface area (Å²) in [5.41, 5.74) is 6.19. The first-order chi connectivity index (χ1) is 9.35. The second-order valence-corrected chi connectivity index (χ2v) is 5.46. The Morgan fingerprint density at radius 3 is 2.70 bits per heavy atom. The van der Waals surface area contributed by atoms with Gasteiger partial charge in [0.15, 0.2) is 6.10 Å². The van der Waals surface area contributed by atoms with Gasteiger partial charge < -0.3 is 15.8 Å². The summed E-state index contributed by atoms with van der Waals surface area (Å²) in [5.74, 6) is 0.227. The van der Waals surface area contributed by atoms with E-state index in [1.807, 2.05) is 13.8 Å². The number of hydrogen-bond acceptors (Lipinski definition) is 3. The Morgan fingerprint density at radius 2 is 2.15 bits per heavy atom. The van der Waals surface area contributed by atoms with E-state index >= 15 is 0 Å². The fraction of sp³-hybridized carbons (Fsp3) is 0.429. The van der Waals surface area contributed by atoms with Crippen LogP contribution in [0.25, 0.3) is 0 Å². The van der Waals surface area contributed by atoms with E-state index in [0.717, 1.165) is 6.42 Å². The van der Waals surface area contributed by atoms with Crippen molar-refractivity contribution in [1.82, 2.24) is 5.32 Å². The molecule has 0 radical (unpaired) electrons. The van der Waals surface area contributed by atoms with E-state index in [9.17, 15) is 4.79 Å². The zero-order valence-electron chi connectivity index (χ0n) is 11.8. The van der Waals surface area contributed by atoms with Gasteiger partial charge in [0.2, 0.25) is 0 Å². The molecule has 110 valence electrons. The Kier molecular flexibility index (Phi) is 6.23.